The molecule has 1 atom stereocenters. The second kappa shape index (κ2) is 4.56. The third-order valence-corrected chi connectivity index (χ3v) is 4.63. The van der Waals surface area contributed by atoms with Gasteiger partial charge in [0, 0.05) is 11.7 Å². The summed E-state index contributed by atoms with van der Waals surface area (Å²) < 4.78 is 15.3. The zero-order chi connectivity index (χ0) is 17.2. The van der Waals surface area contributed by atoms with Crippen LogP contribution in [0.3, 0.4) is 0 Å². The maximum atomic E-state index is 13.8. The highest BCUT2D eigenvalue weighted by Gasteiger charge is 2.55. The third-order valence-electron chi connectivity index (χ3n) is 4.63. The molecule has 3 heterocycles. The first-order valence-corrected chi connectivity index (χ1v) is 7.61. The fourth-order valence-corrected chi connectivity index (χ4v) is 3.61. The Labute approximate surface area is 135 Å². The minimum absolute atomic E-state index is 0.131. The summed E-state index contributed by atoms with van der Waals surface area (Å²) in [6, 6.07) is 3.75. The number of nitrogens with one attached hydrogen (secondary N) is 3. The van der Waals surface area contributed by atoms with E-state index in [0.29, 0.717) is 11.3 Å². The van der Waals surface area contributed by atoms with Crippen molar-refractivity contribution in [2.75, 3.05) is 10.6 Å². The molecule has 0 saturated carbocycles. The Balaban J connectivity index is 2.09. The highest BCUT2D eigenvalue weighted by Crippen LogP contribution is 2.48. The summed E-state index contributed by atoms with van der Waals surface area (Å²) in [6.07, 6.45) is -0.243. The number of benzene rings is 1. The maximum absolute atomic E-state index is 13.8. The number of nitrogens with zero attached hydrogens (tertiary/aromatic N) is 1. The SMILES string of the molecule is CC(C)n1[nH]c(=O)c2c1NC(=O)CC21C(=O)Nc2ccc(F)cc21. The van der Waals surface area contributed by atoms with Crippen molar-refractivity contribution in [3.63, 3.8) is 0 Å². The van der Waals surface area contributed by atoms with Crippen LogP contribution in [0.2, 0.25) is 0 Å². The van der Waals surface area contributed by atoms with Crippen LogP contribution in [-0.2, 0) is 15.0 Å². The lowest BCUT2D eigenvalue weighted by molar-refractivity contribution is -0.125. The van der Waals surface area contributed by atoms with Gasteiger partial charge in [0.05, 0.1) is 12.0 Å². The van der Waals surface area contributed by atoms with Gasteiger partial charge in [-0.2, -0.15) is 0 Å². The quantitative estimate of drug-likeness (QED) is 0.739. The number of H-pyrrole nitrogens is 1. The van der Waals surface area contributed by atoms with E-state index in [4.69, 9.17) is 0 Å². The van der Waals surface area contributed by atoms with Crippen LogP contribution in [0.4, 0.5) is 15.9 Å². The zero-order valence-corrected chi connectivity index (χ0v) is 13.1. The summed E-state index contributed by atoms with van der Waals surface area (Å²) in [5.41, 5.74) is -1.10. The molecule has 8 heteroatoms. The van der Waals surface area contributed by atoms with Crippen molar-refractivity contribution in [2.45, 2.75) is 31.7 Å². The Morgan fingerprint density at radius 3 is 2.67 bits per heavy atom. The van der Waals surface area contributed by atoms with E-state index in [9.17, 15) is 18.8 Å². The summed E-state index contributed by atoms with van der Waals surface area (Å²) in [5.74, 6) is -1.16. The molecule has 2 amide bonds. The number of hydrogen-bond donors (Lipinski definition) is 3. The minimum atomic E-state index is -1.51. The van der Waals surface area contributed by atoms with Gasteiger partial charge in [0.15, 0.2) is 0 Å². The minimum Gasteiger partial charge on any atom is -0.325 e. The second-order valence-corrected chi connectivity index (χ2v) is 6.40. The van der Waals surface area contributed by atoms with Crippen molar-refractivity contribution in [3.05, 3.63) is 45.5 Å². The van der Waals surface area contributed by atoms with E-state index < -0.39 is 28.6 Å². The number of halogens is 1. The van der Waals surface area contributed by atoms with Crippen molar-refractivity contribution in [1.82, 2.24) is 9.78 Å². The summed E-state index contributed by atoms with van der Waals surface area (Å²) in [6.45, 7) is 3.68. The van der Waals surface area contributed by atoms with Gasteiger partial charge in [0.2, 0.25) is 11.8 Å². The number of rotatable bonds is 1. The number of amides is 2. The van der Waals surface area contributed by atoms with Crippen molar-refractivity contribution in [3.8, 4) is 0 Å². The van der Waals surface area contributed by atoms with Crippen molar-refractivity contribution in [1.29, 1.82) is 0 Å². The standard InChI is InChI=1S/C16H15FN4O3/c1-7(2)21-13-12(14(23)20-21)16(6-11(22)19-13)9-5-8(17)3-4-10(9)18-15(16)24/h3-5,7H,6H2,1-2H3,(H,18,24)(H,19,22)(H,20,23). The topological polar surface area (TPSA) is 96.0 Å². The fourth-order valence-electron chi connectivity index (χ4n) is 3.61. The van der Waals surface area contributed by atoms with E-state index in [2.05, 4.69) is 15.7 Å². The zero-order valence-electron chi connectivity index (χ0n) is 13.1. The summed E-state index contributed by atoms with van der Waals surface area (Å²) in [5, 5.41) is 8.00. The van der Waals surface area contributed by atoms with E-state index >= 15 is 0 Å². The molecule has 0 fully saturated rings. The Morgan fingerprint density at radius 2 is 1.96 bits per heavy atom. The van der Waals surface area contributed by atoms with Gasteiger partial charge >= 0.3 is 0 Å². The molecule has 1 aromatic carbocycles. The second-order valence-electron chi connectivity index (χ2n) is 6.40. The fraction of sp³-hybridized carbons (Fsp3) is 0.312. The number of anilines is 2. The molecule has 2 aromatic rings. The molecule has 0 aliphatic carbocycles. The van der Waals surface area contributed by atoms with Crippen LogP contribution in [0, 0.1) is 5.82 Å². The van der Waals surface area contributed by atoms with Gasteiger partial charge in [-0.3, -0.25) is 24.2 Å². The molecule has 2 aliphatic heterocycles. The first-order valence-electron chi connectivity index (χ1n) is 7.61. The van der Waals surface area contributed by atoms with Crippen LogP contribution < -0.4 is 16.2 Å². The van der Waals surface area contributed by atoms with Crippen molar-refractivity contribution in [2.24, 2.45) is 0 Å². The van der Waals surface area contributed by atoms with Crippen LogP contribution in [0.15, 0.2) is 23.0 Å². The number of aromatic amines is 1. The highest BCUT2D eigenvalue weighted by molar-refractivity contribution is 6.14. The average molecular weight is 330 g/mol. The average Bonchev–Trinajstić information content (AvgIpc) is 2.97. The predicted octanol–water partition coefficient (Wildman–Crippen LogP) is 1.48. The Bertz CT molecular complexity index is 959. The van der Waals surface area contributed by atoms with Gasteiger partial charge in [0.25, 0.3) is 5.56 Å². The van der Waals surface area contributed by atoms with Crippen molar-refractivity contribution < 1.29 is 14.0 Å². The van der Waals surface area contributed by atoms with Gasteiger partial charge in [-0.25, -0.2) is 4.39 Å². The first kappa shape index (κ1) is 14.7. The highest BCUT2D eigenvalue weighted by atomic mass is 19.1. The molecule has 124 valence electrons. The van der Waals surface area contributed by atoms with Gasteiger partial charge in [0.1, 0.15) is 17.1 Å². The van der Waals surface area contributed by atoms with E-state index in [1.165, 1.54) is 22.9 Å². The van der Waals surface area contributed by atoms with Gasteiger partial charge in [-0.15, -0.1) is 0 Å². The van der Waals surface area contributed by atoms with Gasteiger partial charge < -0.3 is 10.6 Å². The maximum Gasteiger partial charge on any atom is 0.270 e. The lowest BCUT2D eigenvalue weighted by atomic mass is 9.71. The number of hydrogen-bond acceptors (Lipinski definition) is 3. The molecule has 7 nitrogen and oxygen atoms in total. The van der Waals surface area contributed by atoms with E-state index in [1.807, 2.05) is 13.8 Å². The van der Waals surface area contributed by atoms with E-state index in [0.717, 1.165) is 0 Å². The number of carbonyl (C=O) groups is 2. The molecule has 0 radical (unpaired) electrons. The number of aromatic nitrogens is 2. The number of carbonyl (C=O) groups excluding carboxylic acids is 2. The van der Waals surface area contributed by atoms with Crippen LogP contribution >= 0.6 is 0 Å². The Morgan fingerprint density at radius 1 is 1.21 bits per heavy atom. The van der Waals surface area contributed by atoms with E-state index in [1.54, 1.807) is 0 Å². The lowest BCUT2D eigenvalue weighted by Crippen LogP contribution is -2.46. The third kappa shape index (κ3) is 1.68. The first-order chi connectivity index (χ1) is 11.3. The molecule has 0 bridgehead atoms. The van der Waals surface area contributed by atoms with Gasteiger partial charge in [-0.05, 0) is 37.6 Å². The van der Waals surface area contributed by atoms with Crippen LogP contribution in [0.1, 0.15) is 37.4 Å². The molecule has 24 heavy (non-hydrogen) atoms. The molecule has 0 saturated heterocycles. The van der Waals surface area contributed by atoms with Crippen LogP contribution in [0.25, 0.3) is 0 Å². The summed E-state index contributed by atoms with van der Waals surface area (Å²) >= 11 is 0. The number of fused-ring (bicyclic) bond motifs is 4. The molecule has 2 aliphatic rings. The molecule has 4 rings (SSSR count). The predicted molar refractivity (Wildman–Crippen MR) is 84.5 cm³/mol. The molecular weight excluding hydrogens is 315 g/mol. The molecule has 3 N–H and O–H groups in total. The van der Waals surface area contributed by atoms with Gasteiger partial charge in [-0.1, -0.05) is 0 Å². The molecule has 1 aromatic heterocycles. The van der Waals surface area contributed by atoms with E-state index in [-0.39, 0.29) is 23.8 Å². The van der Waals surface area contributed by atoms with Crippen LogP contribution in [0.5, 0.6) is 0 Å². The van der Waals surface area contributed by atoms with Crippen LogP contribution in [-0.4, -0.2) is 21.6 Å². The van der Waals surface area contributed by atoms with Crippen molar-refractivity contribution >= 4 is 23.3 Å². The Kier molecular flexibility index (Phi) is 2.79. The monoisotopic (exact) mass is 330 g/mol. The Hall–Kier alpha value is -2.90. The molecular formula is C16H15FN4O3. The molecule has 1 spiro atoms. The normalized spacial score (nSPS) is 21.7. The smallest absolute Gasteiger partial charge is 0.270 e. The largest absolute Gasteiger partial charge is 0.325 e. The molecule has 1 unspecified atom stereocenters. The lowest BCUT2D eigenvalue weighted by Gasteiger charge is -2.31. The summed E-state index contributed by atoms with van der Waals surface area (Å²) in [7, 11) is 0. The summed E-state index contributed by atoms with van der Waals surface area (Å²) in [4.78, 5) is 37.7.